The number of hydrogen-bond donors (Lipinski definition) is 1. The minimum absolute atomic E-state index is 0.0215. The normalized spacial score (nSPS) is 18.1. The summed E-state index contributed by atoms with van der Waals surface area (Å²) in [4.78, 5) is 25.8. The fourth-order valence-corrected chi connectivity index (χ4v) is 2.24. The highest BCUT2D eigenvalue weighted by molar-refractivity contribution is 5.95. The summed E-state index contributed by atoms with van der Waals surface area (Å²) >= 11 is 0. The SMILES string of the molecule is CC1CCN(C(=O)C(C)NC(=O)c2ccco2)CC1. The van der Waals surface area contributed by atoms with Gasteiger partial charge in [-0.15, -0.1) is 0 Å². The summed E-state index contributed by atoms with van der Waals surface area (Å²) in [7, 11) is 0. The predicted molar refractivity (Wildman–Crippen MR) is 70.6 cm³/mol. The summed E-state index contributed by atoms with van der Waals surface area (Å²) in [5, 5.41) is 2.67. The van der Waals surface area contributed by atoms with Crippen molar-refractivity contribution in [1.82, 2.24) is 10.2 Å². The van der Waals surface area contributed by atoms with Crippen LogP contribution in [0.25, 0.3) is 0 Å². The van der Waals surface area contributed by atoms with Crippen LogP contribution in [0.15, 0.2) is 22.8 Å². The molecule has 1 aromatic heterocycles. The van der Waals surface area contributed by atoms with Gasteiger partial charge in [-0.2, -0.15) is 0 Å². The second-order valence-electron chi connectivity index (χ2n) is 5.18. The number of piperidine rings is 1. The van der Waals surface area contributed by atoms with Crippen LogP contribution < -0.4 is 5.32 Å². The molecular formula is C14H20N2O3. The van der Waals surface area contributed by atoms with Crippen molar-refractivity contribution < 1.29 is 14.0 Å². The highest BCUT2D eigenvalue weighted by atomic mass is 16.3. The summed E-state index contributed by atoms with van der Waals surface area (Å²) in [5.41, 5.74) is 0. The fourth-order valence-electron chi connectivity index (χ4n) is 2.24. The van der Waals surface area contributed by atoms with Gasteiger partial charge in [0.05, 0.1) is 6.26 Å². The molecule has 1 aliphatic rings. The molecule has 0 aromatic carbocycles. The third-order valence-electron chi connectivity index (χ3n) is 3.56. The Bertz CT molecular complexity index is 434. The molecule has 1 saturated heterocycles. The zero-order chi connectivity index (χ0) is 13.8. The van der Waals surface area contributed by atoms with Crippen molar-refractivity contribution in [3.05, 3.63) is 24.2 Å². The predicted octanol–water partition coefficient (Wildman–Crippen LogP) is 1.66. The van der Waals surface area contributed by atoms with Crippen LogP contribution in [0.1, 0.15) is 37.2 Å². The molecular weight excluding hydrogens is 244 g/mol. The number of likely N-dealkylation sites (tertiary alicyclic amines) is 1. The van der Waals surface area contributed by atoms with Gasteiger partial charge in [-0.05, 0) is 37.8 Å². The highest BCUT2D eigenvalue weighted by Crippen LogP contribution is 2.16. The van der Waals surface area contributed by atoms with Gasteiger partial charge < -0.3 is 14.6 Å². The Morgan fingerprint density at radius 2 is 2.11 bits per heavy atom. The van der Waals surface area contributed by atoms with Gasteiger partial charge in [-0.1, -0.05) is 6.92 Å². The number of furan rings is 1. The Balaban J connectivity index is 1.87. The first-order chi connectivity index (χ1) is 9.08. The molecule has 2 heterocycles. The molecule has 1 atom stereocenters. The maximum Gasteiger partial charge on any atom is 0.287 e. The van der Waals surface area contributed by atoms with E-state index < -0.39 is 6.04 Å². The number of rotatable bonds is 3. The number of hydrogen-bond acceptors (Lipinski definition) is 3. The topological polar surface area (TPSA) is 62.6 Å². The smallest absolute Gasteiger partial charge is 0.287 e. The summed E-state index contributed by atoms with van der Waals surface area (Å²) in [6.45, 7) is 5.47. The third-order valence-corrected chi connectivity index (χ3v) is 3.56. The van der Waals surface area contributed by atoms with Gasteiger partial charge in [0, 0.05) is 13.1 Å². The van der Waals surface area contributed by atoms with Gasteiger partial charge in [0.2, 0.25) is 5.91 Å². The second kappa shape index (κ2) is 5.91. The zero-order valence-electron chi connectivity index (χ0n) is 11.4. The molecule has 2 amide bonds. The summed E-state index contributed by atoms with van der Waals surface area (Å²) in [6, 6.07) is 2.70. The van der Waals surface area contributed by atoms with E-state index >= 15 is 0 Å². The van der Waals surface area contributed by atoms with Crippen LogP contribution in [0.4, 0.5) is 0 Å². The average Bonchev–Trinajstić information content (AvgIpc) is 2.92. The van der Waals surface area contributed by atoms with E-state index in [9.17, 15) is 9.59 Å². The van der Waals surface area contributed by atoms with E-state index in [-0.39, 0.29) is 17.6 Å². The van der Waals surface area contributed by atoms with Crippen LogP contribution in [-0.2, 0) is 4.79 Å². The van der Waals surface area contributed by atoms with Crippen LogP contribution in [0.5, 0.6) is 0 Å². The molecule has 1 fully saturated rings. The van der Waals surface area contributed by atoms with Gasteiger partial charge in [-0.3, -0.25) is 9.59 Å². The fraction of sp³-hybridized carbons (Fsp3) is 0.571. The number of nitrogens with one attached hydrogen (secondary N) is 1. The number of carbonyl (C=O) groups is 2. The van der Waals surface area contributed by atoms with Crippen LogP contribution in [0, 0.1) is 5.92 Å². The molecule has 1 N–H and O–H groups in total. The zero-order valence-corrected chi connectivity index (χ0v) is 11.4. The molecule has 1 unspecified atom stereocenters. The van der Waals surface area contributed by atoms with Crippen molar-refractivity contribution in [2.24, 2.45) is 5.92 Å². The Labute approximate surface area is 113 Å². The minimum atomic E-state index is -0.522. The monoisotopic (exact) mass is 264 g/mol. The molecule has 1 aromatic rings. The lowest BCUT2D eigenvalue weighted by atomic mass is 9.99. The van der Waals surface area contributed by atoms with Crippen LogP contribution in [0.2, 0.25) is 0 Å². The molecule has 0 radical (unpaired) electrons. The standard InChI is InChI=1S/C14H20N2O3/c1-10-5-7-16(8-6-10)14(18)11(2)15-13(17)12-4-3-9-19-12/h3-4,9-11H,5-8H2,1-2H3,(H,15,17). The molecule has 0 aliphatic carbocycles. The van der Waals surface area contributed by atoms with Crippen LogP contribution in [-0.4, -0.2) is 35.8 Å². The second-order valence-corrected chi connectivity index (χ2v) is 5.18. The molecule has 104 valence electrons. The van der Waals surface area contributed by atoms with Crippen LogP contribution in [0.3, 0.4) is 0 Å². The quantitative estimate of drug-likeness (QED) is 0.903. The molecule has 19 heavy (non-hydrogen) atoms. The maximum atomic E-state index is 12.2. The van der Waals surface area contributed by atoms with Gasteiger partial charge in [0.25, 0.3) is 5.91 Å². The van der Waals surface area contributed by atoms with Crippen molar-refractivity contribution in [2.45, 2.75) is 32.7 Å². The summed E-state index contributed by atoms with van der Waals surface area (Å²) < 4.78 is 5.00. The minimum Gasteiger partial charge on any atom is -0.459 e. The first-order valence-corrected chi connectivity index (χ1v) is 6.71. The van der Waals surface area contributed by atoms with Crippen molar-refractivity contribution in [1.29, 1.82) is 0 Å². The van der Waals surface area contributed by atoms with Crippen molar-refractivity contribution >= 4 is 11.8 Å². The number of carbonyl (C=O) groups excluding carboxylic acids is 2. The van der Waals surface area contributed by atoms with E-state index in [1.54, 1.807) is 19.1 Å². The Morgan fingerprint density at radius 3 is 2.68 bits per heavy atom. The third kappa shape index (κ3) is 3.36. The number of amides is 2. The number of nitrogens with zero attached hydrogens (tertiary/aromatic N) is 1. The molecule has 0 spiro atoms. The lowest BCUT2D eigenvalue weighted by Crippen LogP contribution is -2.49. The molecule has 0 bridgehead atoms. The van der Waals surface area contributed by atoms with E-state index in [2.05, 4.69) is 12.2 Å². The summed E-state index contributed by atoms with van der Waals surface area (Å²) in [6.07, 6.45) is 3.50. The van der Waals surface area contributed by atoms with Crippen LogP contribution >= 0.6 is 0 Å². The van der Waals surface area contributed by atoms with Crippen molar-refractivity contribution in [3.8, 4) is 0 Å². The van der Waals surface area contributed by atoms with Crippen molar-refractivity contribution in [2.75, 3.05) is 13.1 Å². The largest absolute Gasteiger partial charge is 0.459 e. The molecule has 2 rings (SSSR count). The van der Waals surface area contributed by atoms with Gasteiger partial charge >= 0.3 is 0 Å². The van der Waals surface area contributed by atoms with Gasteiger partial charge in [0.1, 0.15) is 6.04 Å². The Hall–Kier alpha value is -1.78. The van der Waals surface area contributed by atoms with E-state index in [0.717, 1.165) is 25.9 Å². The van der Waals surface area contributed by atoms with E-state index in [1.807, 2.05) is 4.90 Å². The summed E-state index contributed by atoms with van der Waals surface area (Å²) in [5.74, 6) is 0.534. The lowest BCUT2D eigenvalue weighted by molar-refractivity contribution is -0.134. The first-order valence-electron chi connectivity index (χ1n) is 6.71. The van der Waals surface area contributed by atoms with Gasteiger partial charge in [-0.25, -0.2) is 0 Å². The molecule has 1 aliphatic heterocycles. The Kier molecular flexibility index (Phi) is 4.24. The first kappa shape index (κ1) is 13.6. The Morgan fingerprint density at radius 1 is 1.42 bits per heavy atom. The average molecular weight is 264 g/mol. The van der Waals surface area contributed by atoms with Crippen molar-refractivity contribution in [3.63, 3.8) is 0 Å². The molecule has 5 nitrogen and oxygen atoms in total. The van der Waals surface area contributed by atoms with E-state index in [4.69, 9.17) is 4.42 Å². The van der Waals surface area contributed by atoms with E-state index in [0.29, 0.717) is 5.92 Å². The molecule has 5 heteroatoms. The molecule has 0 saturated carbocycles. The van der Waals surface area contributed by atoms with E-state index in [1.165, 1.54) is 6.26 Å². The highest BCUT2D eigenvalue weighted by Gasteiger charge is 2.25. The maximum absolute atomic E-state index is 12.2. The lowest BCUT2D eigenvalue weighted by Gasteiger charge is -2.32. The van der Waals surface area contributed by atoms with Gasteiger partial charge in [0.15, 0.2) is 5.76 Å².